The minimum Gasteiger partial charge on any atom is -0.508 e. The molecule has 2 aromatic heterocycles. The van der Waals surface area contributed by atoms with Crippen molar-refractivity contribution in [3.63, 3.8) is 0 Å². The molecule has 40 heavy (non-hydrogen) atoms. The number of benzene rings is 4. The third kappa shape index (κ3) is 5.18. The summed E-state index contributed by atoms with van der Waals surface area (Å²) in [5.74, 6) is 2.20. The molecule has 4 aromatic carbocycles. The molecule has 0 spiro atoms. The van der Waals surface area contributed by atoms with E-state index in [4.69, 9.17) is 18.3 Å². The van der Waals surface area contributed by atoms with Crippen molar-refractivity contribution in [2.75, 3.05) is 14.2 Å². The maximum absolute atomic E-state index is 11.2. The van der Waals surface area contributed by atoms with Crippen LogP contribution in [0.25, 0.3) is 45.1 Å². The SMILES string of the molecule is COc1ccc(-c2nc3cc(OC)cc(C=O)c3o2)cc1.O=Cc1cc(O)cc2nc(-c3ccc(O)cc3)oc12. The summed E-state index contributed by atoms with van der Waals surface area (Å²) in [4.78, 5) is 30.7. The van der Waals surface area contributed by atoms with E-state index in [9.17, 15) is 19.8 Å². The van der Waals surface area contributed by atoms with E-state index in [2.05, 4.69) is 9.97 Å². The fourth-order valence-corrected chi connectivity index (χ4v) is 3.95. The fraction of sp³-hybridized carbons (Fsp3) is 0.0667. The van der Waals surface area contributed by atoms with Crippen LogP contribution in [-0.2, 0) is 0 Å². The summed E-state index contributed by atoms with van der Waals surface area (Å²) in [7, 11) is 3.15. The average molecular weight is 539 g/mol. The Kier molecular flexibility index (Phi) is 7.14. The van der Waals surface area contributed by atoms with E-state index in [0.717, 1.165) is 17.6 Å². The number of carbonyl (C=O) groups excluding carboxylic acids is 2. The van der Waals surface area contributed by atoms with Crippen LogP contribution in [0.15, 0.2) is 81.6 Å². The second kappa shape index (κ2) is 11.0. The van der Waals surface area contributed by atoms with Crippen molar-refractivity contribution in [1.82, 2.24) is 9.97 Å². The molecule has 10 nitrogen and oxygen atoms in total. The van der Waals surface area contributed by atoms with Crippen LogP contribution >= 0.6 is 0 Å². The van der Waals surface area contributed by atoms with E-state index in [1.165, 1.54) is 24.3 Å². The first-order chi connectivity index (χ1) is 19.4. The van der Waals surface area contributed by atoms with Crippen molar-refractivity contribution in [1.29, 1.82) is 0 Å². The molecule has 0 aliphatic heterocycles. The number of aldehydes is 2. The summed E-state index contributed by atoms with van der Waals surface area (Å²) in [6, 6.07) is 19.8. The Balaban J connectivity index is 0.000000162. The number of methoxy groups -OCH3 is 2. The van der Waals surface area contributed by atoms with Gasteiger partial charge in [-0.05, 0) is 60.7 Å². The van der Waals surface area contributed by atoms with Gasteiger partial charge < -0.3 is 28.5 Å². The summed E-state index contributed by atoms with van der Waals surface area (Å²) >= 11 is 0. The lowest BCUT2D eigenvalue weighted by Gasteiger charge is -1.99. The van der Waals surface area contributed by atoms with Gasteiger partial charge in [0, 0.05) is 23.3 Å². The molecule has 0 saturated heterocycles. The summed E-state index contributed by atoms with van der Waals surface area (Å²) < 4.78 is 21.5. The van der Waals surface area contributed by atoms with Gasteiger partial charge in [-0.1, -0.05) is 0 Å². The molecule has 0 aliphatic rings. The molecule has 0 saturated carbocycles. The highest BCUT2D eigenvalue weighted by Crippen LogP contribution is 2.31. The number of hydrogen-bond acceptors (Lipinski definition) is 10. The lowest BCUT2D eigenvalue weighted by Crippen LogP contribution is -1.86. The van der Waals surface area contributed by atoms with Crippen LogP contribution in [0.4, 0.5) is 0 Å². The van der Waals surface area contributed by atoms with E-state index in [-0.39, 0.29) is 17.1 Å². The number of fused-ring (bicyclic) bond motifs is 2. The molecule has 0 fully saturated rings. The standard InChI is InChI=1S/C16H13NO4.C14H9NO4/c1-19-12-5-3-10(4-6-12)16-17-14-8-13(20-2)7-11(9-18)15(14)21-16;16-7-9-5-11(18)6-12-13(9)19-14(15-12)8-1-3-10(17)4-2-8/h3-9H,1-2H3;1-7,17-18H. The molecule has 0 aliphatic carbocycles. The number of oxazole rings is 2. The average Bonchev–Trinajstić information content (AvgIpc) is 3.61. The summed E-state index contributed by atoms with van der Waals surface area (Å²) in [6.45, 7) is 0. The van der Waals surface area contributed by atoms with E-state index in [1.807, 2.05) is 24.3 Å². The molecule has 0 amide bonds. The lowest BCUT2D eigenvalue weighted by molar-refractivity contribution is 0.111. The number of aromatic nitrogens is 2. The van der Waals surface area contributed by atoms with Crippen molar-refractivity contribution in [3.8, 4) is 45.9 Å². The van der Waals surface area contributed by atoms with Gasteiger partial charge in [0.2, 0.25) is 11.8 Å². The molecule has 0 radical (unpaired) electrons. The van der Waals surface area contributed by atoms with Crippen LogP contribution in [0, 0.1) is 0 Å². The number of ether oxygens (including phenoxy) is 2. The number of aromatic hydroxyl groups is 2. The van der Waals surface area contributed by atoms with Crippen molar-refractivity contribution in [2.45, 2.75) is 0 Å². The molecular weight excluding hydrogens is 516 g/mol. The molecule has 2 heterocycles. The Morgan fingerprint density at radius 1 is 0.625 bits per heavy atom. The Labute approximate surface area is 227 Å². The van der Waals surface area contributed by atoms with E-state index in [1.54, 1.807) is 38.5 Å². The number of phenols is 2. The Hall–Kier alpha value is -5.64. The van der Waals surface area contributed by atoms with Crippen molar-refractivity contribution >= 4 is 34.8 Å². The highest BCUT2D eigenvalue weighted by Gasteiger charge is 2.14. The quantitative estimate of drug-likeness (QED) is 0.241. The van der Waals surface area contributed by atoms with Gasteiger partial charge >= 0.3 is 0 Å². The van der Waals surface area contributed by atoms with Gasteiger partial charge in [0.15, 0.2) is 23.7 Å². The molecule has 6 rings (SSSR count). The van der Waals surface area contributed by atoms with Gasteiger partial charge in [-0.2, -0.15) is 0 Å². The zero-order valence-corrected chi connectivity index (χ0v) is 21.3. The zero-order chi connectivity index (χ0) is 28.2. The first kappa shape index (κ1) is 26.0. The molecule has 0 unspecified atom stereocenters. The largest absolute Gasteiger partial charge is 0.508 e. The molecular formula is C30H22N2O8. The fourth-order valence-electron chi connectivity index (χ4n) is 3.95. The van der Waals surface area contributed by atoms with Gasteiger partial charge in [0.25, 0.3) is 0 Å². The minimum absolute atomic E-state index is 0.0415. The van der Waals surface area contributed by atoms with Crippen LogP contribution in [0.5, 0.6) is 23.0 Å². The zero-order valence-electron chi connectivity index (χ0n) is 21.3. The highest BCUT2D eigenvalue weighted by atomic mass is 16.5. The molecule has 200 valence electrons. The van der Waals surface area contributed by atoms with Gasteiger partial charge in [0.05, 0.1) is 25.3 Å². The van der Waals surface area contributed by atoms with E-state index >= 15 is 0 Å². The van der Waals surface area contributed by atoms with Crippen LogP contribution in [-0.4, -0.2) is 47.0 Å². The smallest absolute Gasteiger partial charge is 0.227 e. The molecule has 6 aromatic rings. The number of phenolic OH excluding ortho intramolecular Hbond substituents is 2. The van der Waals surface area contributed by atoms with Crippen LogP contribution in [0.1, 0.15) is 20.7 Å². The maximum Gasteiger partial charge on any atom is 0.227 e. The Morgan fingerprint density at radius 3 is 1.65 bits per heavy atom. The third-order valence-electron chi connectivity index (χ3n) is 5.94. The minimum atomic E-state index is -0.0415. The van der Waals surface area contributed by atoms with Crippen molar-refractivity contribution in [2.24, 2.45) is 0 Å². The number of hydrogen-bond donors (Lipinski definition) is 2. The predicted octanol–water partition coefficient (Wildman–Crippen LogP) is 6.04. The molecule has 0 atom stereocenters. The number of nitrogens with zero attached hydrogens (tertiary/aromatic N) is 2. The van der Waals surface area contributed by atoms with Gasteiger partial charge in [0.1, 0.15) is 34.0 Å². The van der Waals surface area contributed by atoms with Crippen LogP contribution in [0.2, 0.25) is 0 Å². The van der Waals surface area contributed by atoms with Gasteiger partial charge in [-0.25, -0.2) is 9.97 Å². The second-order valence-electron chi connectivity index (χ2n) is 8.50. The Morgan fingerprint density at radius 2 is 1.12 bits per heavy atom. The van der Waals surface area contributed by atoms with Gasteiger partial charge in [-0.3, -0.25) is 9.59 Å². The maximum atomic E-state index is 11.2. The summed E-state index contributed by atoms with van der Waals surface area (Å²) in [5, 5.41) is 18.7. The number of carbonyl (C=O) groups is 2. The van der Waals surface area contributed by atoms with Gasteiger partial charge in [-0.15, -0.1) is 0 Å². The van der Waals surface area contributed by atoms with Crippen molar-refractivity contribution < 1.29 is 38.1 Å². The van der Waals surface area contributed by atoms with Crippen molar-refractivity contribution in [3.05, 3.63) is 83.9 Å². The van der Waals surface area contributed by atoms with E-state index in [0.29, 0.717) is 57.1 Å². The predicted molar refractivity (Wildman–Crippen MR) is 146 cm³/mol. The first-order valence-corrected chi connectivity index (χ1v) is 11.9. The summed E-state index contributed by atoms with van der Waals surface area (Å²) in [6.07, 6.45) is 1.33. The highest BCUT2D eigenvalue weighted by molar-refractivity contribution is 5.95. The summed E-state index contributed by atoms with van der Waals surface area (Å²) in [5.41, 5.74) is 3.91. The molecule has 2 N–H and O–H groups in total. The molecule has 10 heteroatoms. The Bertz CT molecular complexity index is 1820. The van der Waals surface area contributed by atoms with Crippen LogP contribution < -0.4 is 9.47 Å². The van der Waals surface area contributed by atoms with Crippen LogP contribution in [0.3, 0.4) is 0 Å². The monoisotopic (exact) mass is 538 g/mol. The molecule has 0 bridgehead atoms. The second-order valence-corrected chi connectivity index (χ2v) is 8.50. The topological polar surface area (TPSA) is 145 Å². The first-order valence-electron chi connectivity index (χ1n) is 11.9. The number of rotatable bonds is 6. The third-order valence-corrected chi connectivity index (χ3v) is 5.94. The lowest BCUT2D eigenvalue weighted by atomic mass is 10.2. The van der Waals surface area contributed by atoms with E-state index < -0.39 is 0 Å². The normalized spacial score (nSPS) is 10.7.